The summed E-state index contributed by atoms with van der Waals surface area (Å²) in [6.45, 7) is 13.1. The largest absolute Gasteiger partial charge is 3.00 e. The van der Waals surface area contributed by atoms with Crippen molar-refractivity contribution >= 4 is 5.78 Å². The molecule has 0 aliphatic carbocycles. The molecule has 8 heteroatoms. The van der Waals surface area contributed by atoms with Crippen molar-refractivity contribution in [1.82, 2.24) is 24.9 Å². The molecule has 290 valence electrons. The summed E-state index contributed by atoms with van der Waals surface area (Å²) in [5, 5.41) is 9.56. The van der Waals surface area contributed by atoms with Crippen LogP contribution in [0.25, 0.3) is 45.2 Å². The van der Waals surface area contributed by atoms with Crippen LogP contribution < -0.4 is 0 Å². The first-order valence-corrected chi connectivity index (χ1v) is 18.3. The quantitative estimate of drug-likeness (QED) is 0.104. The topological polar surface area (TPSA) is 102 Å². The van der Waals surface area contributed by atoms with Crippen LogP contribution in [-0.2, 0) is 24.9 Å². The van der Waals surface area contributed by atoms with Crippen LogP contribution in [0.15, 0.2) is 164 Å². The van der Waals surface area contributed by atoms with Crippen LogP contribution >= 0.6 is 0 Å². The summed E-state index contributed by atoms with van der Waals surface area (Å²) in [6, 6.07) is 48.5. The number of rotatable bonds is 5. The maximum atomic E-state index is 11.5. The number of carbonyl (C=O) groups is 1. The van der Waals surface area contributed by atoms with Crippen molar-refractivity contribution in [3.05, 3.63) is 188 Å². The van der Waals surface area contributed by atoms with E-state index in [0.29, 0.717) is 5.82 Å². The summed E-state index contributed by atoms with van der Waals surface area (Å²) in [4.78, 5) is 32.9. The second kappa shape index (κ2) is 22.6. The Kier molecular flexibility index (Phi) is 18.0. The van der Waals surface area contributed by atoms with Gasteiger partial charge >= 0.3 is 20.1 Å². The second-order valence-corrected chi connectivity index (χ2v) is 14.7. The molecule has 0 saturated heterocycles. The van der Waals surface area contributed by atoms with E-state index >= 15 is 0 Å². The number of aromatic nitrogens is 5. The van der Waals surface area contributed by atoms with Crippen molar-refractivity contribution in [2.24, 2.45) is 10.8 Å². The van der Waals surface area contributed by atoms with Crippen LogP contribution in [0.2, 0.25) is 0 Å². The van der Waals surface area contributed by atoms with Gasteiger partial charge in [0.15, 0.2) is 11.6 Å². The average molecular weight is 931 g/mol. The minimum Gasteiger partial charge on any atom is -0.512 e. The van der Waals surface area contributed by atoms with Crippen LogP contribution in [-0.4, -0.2) is 35.8 Å². The Labute approximate surface area is 351 Å². The molecule has 0 fully saturated rings. The monoisotopic (exact) mass is 931 g/mol. The third-order valence-corrected chi connectivity index (χ3v) is 7.86. The van der Waals surface area contributed by atoms with Crippen molar-refractivity contribution < 1.29 is 30.0 Å². The molecule has 0 unspecified atom stereocenters. The van der Waals surface area contributed by atoms with Gasteiger partial charge < -0.3 is 20.1 Å². The average Bonchev–Trinajstić information content (AvgIpc) is 3.23. The van der Waals surface area contributed by atoms with E-state index in [-0.39, 0.29) is 37.1 Å². The molecule has 0 bridgehead atoms. The Morgan fingerprint density at radius 2 is 0.982 bits per heavy atom. The van der Waals surface area contributed by atoms with Crippen molar-refractivity contribution in [3.8, 4) is 45.2 Å². The summed E-state index contributed by atoms with van der Waals surface area (Å²) < 4.78 is 0. The van der Waals surface area contributed by atoms with Crippen LogP contribution in [0.5, 0.6) is 0 Å². The fourth-order valence-corrected chi connectivity index (χ4v) is 4.49. The second-order valence-electron chi connectivity index (χ2n) is 14.7. The number of nitrogens with zero attached hydrogens (tertiary/aromatic N) is 5. The zero-order chi connectivity index (χ0) is 40.4. The number of hydrogen-bond donors (Lipinski definition) is 1. The van der Waals surface area contributed by atoms with E-state index < -0.39 is 5.41 Å². The maximum absolute atomic E-state index is 11.5. The molecule has 0 saturated carbocycles. The molecule has 0 amide bonds. The SMILES string of the molecule is CC(C)(C)C(=O)/C=C(\O)C(C)(C)C.Cc1cnc(-c2ccc(-c3[c-]cccc3)nc2)nc1.[Ir+3].[c-]1ccccc1-c1ccccn1.[c-]1ccccc1-c1ccccn1. The first-order valence-electron chi connectivity index (χ1n) is 18.3. The van der Waals surface area contributed by atoms with Crippen LogP contribution in [0.3, 0.4) is 0 Å². The van der Waals surface area contributed by atoms with E-state index in [2.05, 4.69) is 43.1 Å². The standard InChI is InChI=1S/C16H12N3.2C11H8N.C11H20O2.Ir/c1-12-9-18-16(19-10-12)14-7-8-15(17-11-14)13-5-3-2-4-6-13;2*1-2-6-10(7-3-1)11-8-4-5-9-12-11;1-10(2,3)8(12)7-9(13)11(4,5)6;/h2-5,7-11H,1H3;2*1-6,8-9H;7,12H,1-6H3;/q3*-1;;+3/b;;;8-7-;. The Bertz CT molecular complexity index is 2050. The number of carbonyl (C=O) groups excluding carboxylic acids is 1. The van der Waals surface area contributed by atoms with Gasteiger partial charge in [0.25, 0.3) is 0 Å². The van der Waals surface area contributed by atoms with Gasteiger partial charge in [-0.05, 0) is 41.7 Å². The van der Waals surface area contributed by atoms with E-state index in [1.54, 1.807) is 31.0 Å². The smallest absolute Gasteiger partial charge is 0.512 e. The van der Waals surface area contributed by atoms with Gasteiger partial charge in [0, 0.05) is 53.5 Å². The first-order chi connectivity index (χ1) is 26.8. The van der Waals surface area contributed by atoms with Crippen molar-refractivity contribution in [2.75, 3.05) is 0 Å². The minimum atomic E-state index is -0.417. The maximum Gasteiger partial charge on any atom is 3.00 e. The van der Waals surface area contributed by atoms with Gasteiger partial charge in [-0.1, -0.05) is 77.9 Å². The zero-order valence-corrected chi connectivity index (χ0v) is 35.8. The normalized spacial score (nSPS) is 10.8. The summed E-state index contributed by atoms with van der Waals surface area (Å²) in [6.07, 6.45) is 10.3. The molecule has 7 aromatic rings. The number of aliphatic hydroxyl groups excluding tert-OH is 1. The van der Waals surface area contributed by atoms with E-state index in [1.165, 1.54) is 6.08 Å². The van der Waals surface area contributed by atoms with Crippen LogP contribution in [0, 0.1) is 36.0 Å². The van der Waals surface area contributed by atoms with Gasteiger partial charge in [-0.3, -0.25) is 4.79 Å². The van der Waals surface area contributed by atoms with Gasteiger partial charge in [-0.15, -0.1) is 108 Å². The number of hydrogen-bond acceptors (Lipinski definition) is 7. The predicted molar refractivity (Wildman–Crippen MR) is 226 cm³/mol. The number of aliphatic hydroxyl groups is 1. The molecule has 4 aromatic heterocycles. The molecule has 0 spiro atoms. The van der Waals surface area contributed by atoms with Crippen molar-refractivity contribution in [1.29, 1.82) is 0 Å². The molecule has 57 heavy (non-hydrogen) atoms. The number of aryl methyl sites for hydroxylation is 1. The molecule has 4 heterocycles. The molecular formula is C49H48IrN5O2. The fourth-order valence-electron chi connectivity index (χ4n) is 4.49. The molecule has 3 aromatic carbocycles. The molecule has 1 N–H and O–H groups in total. The van der Waals surface area contributed by atoms with E-state index in [4.69, 9.17) is 0 Å². The number of allylic oxidation sites excluding steroid dienone is 2. The van der Waals surface area contributed by atoms with Gasteiger partial charge in [-0.2, -0.15) is 0 Å². The Morgan fingerprint density at radius 3 is 1.32 bits per heavy atom. The predicted octanol–water partition coefficient (Wildman–Crippen LogP) is 11.5. The Morgan fingerprint density at radius 1 is 0.544 bits per heavy atom. The molecule has 0 aliphatic heterocycles. The van der Waals surface area contributed by atoms with Crippen molar-refractivity contribution in [3.63, 3.8) is 0 Å². The van der Waals surface area contributed by atoms with E-state index in [9.17, 15) is 9.90 Å². The van der Waals surface area contributed by atoms with Crippen LogP contribution in [0.4, 0.5) is 0 Å². The van der Waals surface area contributed by atoms with E-state index in [1.807, 2.05) is 170 Å². The van der Waals surface area contributed by atoms with Gasteiger partial charge in [0.2, 0.25) is 0 Å². The number of pyridine rings is 3. The van der Waals surface area contributed by atoms with Gasteiger partial charge in [0.1, 0.15) is 5.76 Å². The molecular weight excluding hydrogens is 883 g/mol. The third kappa shape index (κ3) is 15.6. The van der Waals surface area contributed by atoms with Crippen LogP contribution in [0.1, 0.15) is 47.1 Å². The molecule has 0 radical (unpaired) electrons. The third-order valence-electron chi connectivity index (χ3n) is 7.86. The van der Waals surface area contributed by atoms with Gasteiger partial charge in [-0.25, -0.2) is 9.97 Å². The molecule has 7 rings (SSSR count). The number of ketones is 1. The summed E-state index contributed by atoms with van der Waals surface area (Å²) in [5.74, 6) is 0.800. The number of benzene rings is 3. The van der Waals surface area contributed by atoms with E-state index in [0.717, 1.165) is 44.9 Å². The summed E-state index contributed by atoms with van der Waals surface area (Å²) in [7, 11) is 0. The summed E-state index contributed by atoms with van der Waals surface area (Å²) >= 11 is 0. The Balaban J connectivity index is 0.000000207. The zero-order valence-electron chi connectivity index (χ0n) is 33.4. The molecule has 7 nitrogen and oxygen atoms in total. The minimum absolute atomic E-state index is 0. The van der Waals surface area contributed by atoms with Gasteiger partial charge in [0.05, 0.1) is 0 Å². The molecule has 0 aliphatic rings. The first kappa shape index (κ1) is 45.4. The molecule has 0 atom stereocenters. The Hall–Kier alpha value is -5.95. The van der Waals surface area contributed by atoms with Crippen molar-refractivity contribution in [2.45, 2.75) is 48.5 Å². The fraction of sp³-hybridized carbons (Fsp3) is 0.184. The summed E-state index contributed by atoms with van der Waals surface area (Å²) in [5.41, 5.74) is 7.11.